The van der Waals surface area contributed by atoms with Crippen molar-refractivity contribution >= 4 is 47.1 Å². The highest BCUT2D eigenvalue weighted by atomic mass is 35.5. The van der Waals surface area contributed by atoms with Crippen LogP contribution in [0.1, 0.15) is 10.8 Å². The molecule has 0 fully saturated rings. The third-order valence-electron chi connectivity index (χ3n) is 2.21. The number of nitrogens with zero attached hydrogens (tertiary/aromatic N) is 1. The van der Waals surface area contributed by atoms with Gasteiger partial charge in [0.25, 0.3) is 5.91 Å². The maximum atomic E-state index is 11.5. The Hall–Kier alpha value is -0.650. The van der Waals surface area contributed by atoms with E-state index >= 15 is 0 Å². The fourth-order valence-electron chi connectivity index (χ4n) is 1.43. The van der Waals surface area contributed by atoms with Gasteiger partial charge in [-0.05, 0) is 17.7 Å². The predicted molar refractivity (Wildman–Crippen MR) is 71.2 cm³/mol. The molecule has 3 nitrogen and oxygen atoms in total. The summed E-state index contributed by atoms with van der Waals surface area (Å²) >= 11 is 11.4. The van der Waals surface area contributed by atoms with E-state index in [9.17, 15) is 4.79 Å². The molecule has 2 N–H and O–H groups in total. The maximum absolute atomic E-state index is 11.5. The molecular weight excluding hydrogens is 264 g/mol. The lowest BCUT2D eigenvalue weighted by Crippen LogP contribution is -2.29. The Balaban J connectivity index is 2.31. The minimum absolute atomic E-state index is 0.106. The largest absolute Gasteiger partial charge is 0.378 e. The standard InChI is InChI=1S/C10H9ClN2OS2/c11-6-3-1-5(2-4-6)8-7(15)9(14)13-10(12)16-8/h1-4,7-8,15H,(H2,12,13,14)/t7-,8-/m1/s1. The van der Waals surface area contributed by atoms with Crippen LogP contribution in [0.25, 0.3) is 0 Å². The molecule has 0 aliphatic carbocycles. The van der Waals surface area contributed by atoms with Gasteiger partial charge in [0.2, 0.25) is 0 Å². The van der Waals surface area contributed by atoms with Crippen LogP contribution < -0.4 is 5.73 Å². The Labute approximate surface area is 108 Å². The number of hydrogen-bond acceptors (Lipinski definition) is 4. The van der Waals surface area contributed by atoms with E-state index in [0.29, 0.717) is 5.02 Å². The van der Waals surface area contributed by atoms with Crippen LogP contribution >= 0.6 is 36.0 Å². The second kappa shape index (κ2) is 4.69. The Kier molecular flexibility index (Phi) is 3.47. The first kappa shape index (κ1) is 11.8. The lowest BCUT2D eigenvalue weighted by Gasteiger charge is -2.24. The number of halogens is 1. The molecule has 2 rings (SSSR count). The number of amides is 1. The fraction of sp³-hybridized carbons (Fsp3) is 0.200. The van der Waals surface area contributed by atoms with Gasteiger partial charge in [0.15, 0.2) is 5.17 Å². The van der Waals surface area contributed by atoms with Crippen LogP contribution in [0.4, 0.5) is 0 Å². The number of amidine groups is 1. The van der Waals surface area contributed by atoms with Crippen molar-refractivity contribution in [1.82, 2.24) is 0 Å². The van der Waals surface area contributed by atoms with E-state index in [4.69, 9.17) is 17.3 Å². The monoisotopic (exact) mass is 272 g/mol. The zero-order valence-electron chi connectivity index (χ0n) is 8.13. The molecule has 1 amide bonds. The first-order chi connectivity index (χ1) is 7.58. The quantitative estimate of drug-likeness (QED) is 0.771. The summed E-state index contributed by atoms with van der Waals surface area (Å²) in [5.74, 6) is -0.292. The maximum Gasteiger partial charge on any atom is 0.262 e. The average Bonchev–Trinajstić information content (AvgIpc) is 2.25. The van der Waals surface area contributed by atoms with Crippen molar-refractivity contribution in [2.24, 2.45) is 10.7 Å². The Bertz CT molecular complexity index is 447. The van der Waals surface area contributed by atoms with Gasteiger partial charge in [-0.15, -0.1) is 0 Å². The van der Waals surface area contributed by atoms with Crippen LogP contribution in [0.15, 0.2) is 29.3 Å². The number of nitrogens with two attached hydrogens (primary N) is 1. The first-order valence-corrected chi connectivity index (χ1v) is 6.33. The fourth-order valence-corrected chi connectivity index (χ4v) is 2.91. The summed E-state index contributed by atoms with van der Waals surface area (Å²) in [6.07, 6.45) is 0. The number of thioether (sulfide) groups is 1. The number of thiol groups is 1. The second-order valence-electron chi connectivity index (χ2n) is 3.32. The van der Waals surface area contributed by atoms with E-state index in [2.05, 4.69) is 17.6 Å². The average molecular weight is 273 g/mol. The molecule has 1 aliphatic heterocycles. The Morgan fingerprint density at radius 3 is 2.62 bits per heavy atom. The third kappa shape index (κ3) is 2.36. The van der Waals surface area contributed by atoms with Crippen molar-refractivity contribution in [1.29, 1.82) is 0 Å². The molecule has 0 unspecified atom stereocenters. The molecule has 0 radical (unpaired) electrons. The van der Waals surface area contributed by atoms with Gasteiger partial charge in [0.05, 0.1) is 10.5 Å². The Morgan fingerprint density at radius 1 is 1.38 bits per heavy atom. The van der Waals surface area contributed by atoms with E-state index in [1.54, 1.807) is 12.1 Å². The molecule has 1 heterocycles. The number of aliphatic imine (C=N–C) groups is 1. The van der Waals surface area contributed by atoms with Crippen molar-refractivity contribution in [2.75, 3.05) is 0 Å². The van der Waals surface area contributed by atoms with E-state index in [1.807, 2.05) is 12.1 Å². The van der Waals surface area contributed by atoms with Crippen LogP contribution in [0, 0.1) is 0 Å². The lowest BCUT2D eigenvalue weighted by atomic mass is 10.1. The zero-order valence-corrected chi connectivity index (χ0v) is 10.6. The topological polar surface area (TPSA) is 55.4 Å². The van der Waals surface area contributed by atoms with Crippen molar-refractivity contribution in [2.45, 2.75) is 10.5 Å². The highest BCUT2D eigenvalue weighted by Gasteiger charge is 2.32. The molecule has 0 saturated heterocycles. The van der Waals surface area contributed by atoms with E-state index in [1.165, 1.54) is 11.8 Å². The molecule has 1 aromatic rings. The zero-order chi connectivity index (χ0) is 11.7. The second-order valence-corrected chi connectivity index (χ2v) is 5.48. The van der Waals surface area contributed by atoms with E-state index < -0.39 is 5.25 Å². The molecule has 1 aromatic carbocycles. The minimum atomic E-state index is -0.460. The van der Waals surface area contributed by atoms with Crippen molar-refractivity contribution in [3.63, 3.8) is 0 Å². The van der Waals surface area contributed by atoms with Crippen LogP contribution in [0.3, 0.4) is 0 Å². The van der Waals surface area contributed by atoms with Gasteiger partial charge < -0.3 is 5.73 Å². The SMILES string of the molecule is NC1=NC(=O)[C@H](S)[C@@H](c2ccc(Cl)cc2)S1. The molecule has 6 heteroatoms. The summed E-state index contributed by atoms with van der Waals surface area (Å²) in [4.78, 5) is 15.1. The number of carbonyl (C=O) groups excluding carboxylic acids is 1. The first-order valence-electron chi connectivity index (χ1n) is 4.56. The molecule has 16 heavy (non-hydrogen) atoms. The molecule has 0 bridgehead atoms. The Morgan fingerprint density at radius 2 is 2.00 bits per heavy atom. The van der Waals surface area contributed by atoms with Gasteiger partial charge >= 0.3 is 0 Å². The van der Waals surface area contributed by atoms with Crippen molar-refractivity contribution in [3.8, 4) is 0 Å². The molecule has 2 atom stereocenters. The summed E-state index contributed by atoms with van der Waals surface area (Å²) in [5.41, 5.74) is 6.55. The van der Waals surface area contributed by atoms with Crippen LogP contribution in [0.2, 0.25) is 5.02 Å². The summed E-state index contributed by atoms with van der Waals surface area (Å²) in [7, 11) is 0. The molecule has 0 spiro atoms. The van der Waals surface area contributed by atoms with Gasteiger partial charge in [-0.1, -0.05) is 35.5 Å². The smallest absolute Gasteiger partial charge is 0.262 e. The number of benzene rings is 1. The highest BCUT2D eigenvalue weighted by molar-refractivity contribution is 8.14. The minimum Gasteiger partial charge on any atom is -0.378 e. The molecule has 0 saturated carbocycles. The van der Waals surface area contributed by atoms with E-state index in [-0.39, 0.29) is 16.3 Å². The van der Waals surface area contributed by atoms with E-state index in [0.717, 1.165) is 5.56 Å². The summed E-state index contributed by atoms with van der Waals surface area (Å²) < 4.78 is 0. The van der Waals surface area contributed by atoms with Crippen LogP contribution in [0.5, 0.6) is 0 Å². The summed E-state index contributed by atoms with van der Waals surface area (Å²) in [6, 6.07) is 7.30. The number of rotatable bonds is 1. The summed E-state index contributed by atoms with van der Waals surface area (Å²) in [6.45, 7) is 0. The number of carbonyl (C=O) groups is 1. The van der Waals surface area contributed by atoms with Gasteiger partial charge in [-0.2, -0.15) is 17.6 Å². The molecule has 84 valence electrons. The highest BCUT2D eigenvalue weighted by Crippen LogP contribution is 2.38. The number of hydrogen-bond donors (Lipinski definition) is 2. The third-order valence-corrected chi connectivity index (χ3v) is 4.31. The van der Waals surface area contributed by atoms with Gasteiger partial charge in [0, 0.05) is 5.02 Å². The van der Waals surface area contributed by atoms with Gasteiger partial charge in [-0.3, -0.25) is 4.79 Å². The normalized spacial score (nSPS) is 25.4. The lowest BCUT2D eigenvalue weighted by molar-refractivity contribution is -0.117. The molecular formula is C10H9ClN2OS2. The van der Waals surface area contributed by atoms with Crippen LogP contribution in [-0.4, -0.2) is 16.3 Å². The van der Waals surface area contributed by atoms with Crippen molar-refractivity contribution in [3.05, 3.63) is 34.9 Å². The van der Waals surface area contributed by atoms with Gasteiger partial charge in [-0.25, -0.2) is 0 Å². The van der Waals surface area contributed by atoms with Gasteiger partial charge in [0.1, 0.15) is 0 Å². The molecule has 0 aromatic heterocycles. The van der Waals surface area contributed by atoms with Crippen molar-refractivity contribution < 1.29 is 4.79 Å². The predicted octanol–water partition coefficient (Wildman–Crippen LogP) is 2.27. The molecule has 1 aliphatic rings. The summed E-state index contributed by atoms with van der Waals surface area (Å²) in [5, 5.41) is 0.382. The van der Waals surface area contributed by atoms with Crippen LogP contribution in [-0.2, 0) is 4.79 Å².